The molecule has 3 saturated heterocycles. The van der Waals surface area contributed by atoms with Crippen LogP contribution in [0.15, 0.2) is 60.8 Å². The summed E-state index contributed by atoms with van der Waals surface area (Å²) >= 11 is 0. The van der Waals surface area contributed by atoms with E-state index >= 15 is 0 Å². The molecule has 3 heterocycles. The molecule has 3 aliphatic rings. The monoisotopic (exact) mass is 1300 g/mol. The molecule has 3 fully saturated rings. The first-order valence-electron chi connectivity index (χ1n) is 36.0. The van der Waals surface area contributed by atoms with Gasteiger partial charge in [0.1, 0.15) is 73.2 Å². The van der Waals surface area contributed by atoms with Crippen molar-refractivity contribution < 1.29 is 89.4 Å². The molecule has 530 valence electrons. The van der Waals surface area contributed by atoms with Crippen LogP contribution in [0.3, 0.4) is 0 Å². The lowest BCUT2D eigenvalue weighted by molar-refractivity contribution is -0.379. The lowest BCUT2D eigenvalue weighted by atomic mass is 9.96. The molecule has 3 rings (SSSR count). The molecule has 0 aliphatic carbocycles. The summed E-state index contributed by atoms with van der Waals surface area (Å²) in [6, 6.07) is -0.994. The molecule has 17 atom stereocenters. The Bertz CT molecular complexity index is 1890. The van der Waals surface area contributed by atoms with Crippen molar-refractivity contribution in [2.75, 3.05) is 26.4 Å². The van der Waals surface area contributed by atoms with Crippen LogP contribution in [-0.2, 0) is 33.2 Å². The van der Waals surface area contributed by atoms with Crippen molar-refractivity contribution in [2.45, 2.75) is 362 Å². The van der Waals surface area contributed by atoms with Gasteiger partial charge < -0.3 is 89.9 Å². The predicted octanol–water partition coefficient (Wildman–Crippen LogP) is 9.94. The lowest BCUT2D eigenvalue weighted by Gasteiger charge is -2.48. The maximum Gasteiger partial charge on any atom is 0.220 e. The third kappa shape index (κ3) is 35.4. The van der Waals surface area contributed by atoms with E-state index in [-0.39, 0.29) is 18.9 Å². The average molecular weight is 1300 g/mol. The topological polar surface area (TPSA) is 307 Å². The molecule has 19 nitrogen and oxygen atoms in total. The normalized spacial score (nSPS) is 28.2. The molecular weight excluding hydrogens is 1170 g/mol. The minimum absolute atomic E-state index is 0.233. The largest absolute Gasteiger partial charge is 0.394 e. The molecule has 1 amide bonds. The van der Waals surface area contributed by atoms with Gasteiger partial charge in [-0.3, -0.25) is 4.79 Å². The molecule has 3 aliphatic heterocycles. The number of carbonyl (C=O) groups is 1. The van der Waals surface area contributed by atoms with E-state index in [9.17, 15) is 61.0 Å². The molecule has 0 radical (unpaired) electrons. The van der Waals surface area contributed by atoms with Crippen LogP contribution in [-0.4, -0.2) is 193 Å². The highest BCUT2D eigenvalue weighted by molar-refractivity contribution is 5.76. The Kier molecular flexibility index (Phi) is 48.7. The maximum absolute atomic E-state index is 13.3. The van der Waals surface area contributed by atoms with E-state index in [4.69, 9.17) is 28.4 Å². The first-order valence-corrected chi connectivity index (χ1v) is 36.0. The van der Waals surface area contributed by atoms with Crippen molar-refractivity contribution in [3.8, 4) is 0 Å². The van der Waals surface area contributed by atoms with Crippen LogP contribution in [0, 0.1) is 0 Å². The van der Waals surface area contributed by atoms with Gasteiger partial charge in [-0.1, -0.05) is 241 Å². The highest BCUT2D eigenvalue weighted by atomic mass is 16.8. The number of ether oxygens (including phenoxy) is 6. The molecule has 0 aromatic rings. The second-order valence-corrected chi connectivity index (χ2v) is 25.7. The fourth-order valence-electron chi connectivity index (χ4n) is 12.0. The number of aliphatic hydroxyl groups is 11. The molecule has 0 aromatic heterocycles. The van der Waals surface area contributed by atoms with Gasteiger partial charge in [-0.25, -0.2) is 0 Å². The number of hydrogen-bond donors (Lipinski definition) is 12. The molecule has 0 aromatic carbocycles. The van der Waals surface area contributed by atoms with Crippen LogP contribution >= 0.6 is 0 Å². The Balaban J connectivity index is 1.28. The van der Waals surface area contributed by atoms with Crippen LogP contribution in [0.25, 0.3) is 0 Å². The zero-order chi connectivity index (χ0) is 66.1. The molecule has 0 spiro atoms. The van der Waals surface area contributed by atoms with E-state index in [2.05, 4.69) is 54.8 Å². The van der Waals surface area contributed by atoms with Crippen LogP contribution in [0.5, 0.6) is 0 Å². The number of carbonyl (C=O) groups excluding carboxylic acids is 1. The van der Waals surface area contributed by atoms with Gasteiger partial charge in [-0.05, 0) is 71.1 Å². The third-order valence-corrected chi connectivity index (χ3v) is 17.9. The standard InChI is InChI=1S/C72H129NO18/c1-3-5-7-9-11-13-14-15-16-17-18-19-20-21-22-23-24-25-26-27-28-29-30-31-32-33-34-35-36-37-38-39-40-42-44-46-48-50-60(78)73-55(56(77)49-47-45-43-41-12-10-8-6-4-2)54-86-70-66(84)63(81)68(58(52-75)88-70)91-72-67(85)64(82)69(59(53-76)89-72)90-71-65(83)62(80)61(79)57(51-74)87-71/h4,6,12,14-15,17-18,41,47,49,55-59,61-72,74-77,79-85H,3,5,7-11,13,16,19-40,42-46,48,50-54H2,1-2H3,(H,73,78)/b6-4+,15-14-,18-17-,41-12+,49-47+. The summed E-state index contributed by atoms with van der Waals surface area (Å²) in [5.41, 5.74) is 0. The lowest BCUT2D eigenvalue weighted by Crippen LogP contribution is -2.66. The molecule has 12 N–H and O–H groups in total. The fourth-order valence-corrected chi connectivity index (χ4v) is 12.0. The van der Waals surface area contributed by atoms with E-state index in [0.717, 1.165) is 44.9 Å². The third-order valence-electron chi connectivity index (χ3n) is 17.9. The number of allylic oxidation sites excluding steroid dienone is 9. The van der Waals surface area contributed by atoms with Gasteiger partial charge in [0.15, 0.2) is 18.9 Å². The number of nitrogens with one attached hydrogen (secondary N) is 1. The van der Waals surface area contributed by atoms with Crippen molar-refractivity contribution in [3.05, 3.63) is 60.8 Å². The van der Waals surface area contributed by atoms with Crippen molar-refractivity contribution in [2.24, 2.45) is 0 Å². The van der Waals surface area contributed by atoms with E-state index in [0.29, 0.717) is 12.8 Å². The number of unbranched alkanes of at least 4 members (excludes halogenated alkanes) is 32. The van der Waals surface area contributed by atoms with E-state index in [1.807, 2.05) is 19.1 Å². The van der Waals surface area contributed by atoms with Gasteiger partial charge in [0, 0.05) is 6.42 Å². The van der Waals surface area contributed by atoms with E-state index < -0.39 is 124 Å². The van der Waals surface area contributed by atoms with Gasteiger partial charge in [0.25, 0.3) is 0 Å². The maximum atomic E-state index is 13.3. The molecule has 0 saturated carbocycles. The van der Waals surface area contributed by atoms with E-state index in [1.165, 1.54) is 180 Å². The number of rotatable bonds is 55. The fraction of sp³-hybridized carbons (Fsp3) is 0.847. The zero-order valence-electron chi connectivity index (χ0n) is 56.1. The van der Waals surface area contributed by atoms with Crippen LogP contribution in [0.4, 0.5) is 0 Å². The van der Waals surface area contributed by atoms with Crippen molar-refractivity contribution in [1.29, 1.82) is 0 Å². The SMILES string of the molecule is C/C=C/CC/C=C/CC/C=C/C(O)C(COC1OC(CO)C(OC2OC(CO)C(OC3OC(CO)C(O)C(O)C3O)C(O)C2O)C(O)C1O)NC(=O)CCCCCCCCCCCCCCCCCCCCCCCCCCC/C=C\C/C=C\CCCCCCC. The number of hydrogen-bond acceptors (Lipinski definition) is 18. The second kappa shape index (κ2) is 53.6. The Morgan fingerprint density at radius 1 is 0.418 bits per heavy atom. The predicted molar refractivity (Wildman–Crippen MR) is 355 cm³/mol. The Labute approximate surface area is 547 Å². The summed E-state index contributed by atoms with van der Waals surface area (Å²) in [6.45, 7) is 1.45. The molecular formula is C72H129NO18. The summed E-state index contributed by atoms with van der Waals surface area (Å²) in [5.74, 6) is -0.291. The minimum Gasteiger partial charge on any atom is -0.394 e. The number of aliphatic hydroxyl groups excluding tert-OH is 11. The summed E-state index contributed by atoms with van der Waals surface area (Å²) in [6.07, 6.45) is 40.1. The van der Waals surface area contributed by atoms with Crippen molar-refractivity contribution >= 4 is 5.91 Å². The quantitative estimate of drug-likeness (QED) is 0.0199. The smallest absolute Gasteiger partial charge is 0.220 e. The number of amides is 1. The van der Waals surface area contributed by atoms with Crippen molar-refractivity contribution in [1.82, 2.24) is 5.32 Å². The molecule has 91 heavy (non-hydrogen) atoms. The summed E-state index contributed by atoms with van der Waals surface area (Å²) < 4.78 is 34.2. The van der Waals surface area contributed by atoms with Gasteiger partial charge in [-0.2, -0.15) is 0 Å². The molecule has 19 heteroatoms. The van der Waals surface area contributed by atoms with Crippen LogP contribution in [0.1, 0.15) is 258 Å². The average Bonchev–Trinajstić information content (AvgIpc) is 0.878. The van der Waals surface area contributed by atoms with Crippen LogP contribution < -0.4 is 5.32 Å². The van der Waals surface area contributed by atoms with Gasteiger partial charge in [0.05, 0.1) is 38.6 Å². The molecule has 17 unspecified atom stereocenters. The summed E-state index contributed by atoms with van der Waals surface area (Å²) in [7, 11) is 0. The Hall–Kier alpha value is -2.51. The first-order chi connectivity index (χ1) is 44.3. The van der Waals surface area contributed by atoms with Gasteiger partial charge in [-0.15, -0.1) is 0 Å². The Morgan fingerprint density at radius 3 is 1.22 bits per heavy atom. The zero-order valence-corrected chi connectivity index (χ0v) is 56.1. The highest BCUT2D eigenvalue weighted by Crippen LogP contribution is 2.33. The first kappa shape index (κ1) is 82.7. The Morgan fingerprint density at radius 2 is 0.780 bits per heavy atom. The molecule has 0 bridgehead atoms. The highest BCUT2D eigenvalue weighted by Gasteiger charge is 2.53. The van der Waals surface area contributed by atoms with Gasteiger partial charge in [0.2, 0.25) is 5.91 Å². The van der Waals surface area contributed by atoms with Crippen molar-refractivity contribution in [3.63, 3.8) is 0 Å². The second-order valence-electron chi connectivity index (χ2n) is 25.7. The summed E-state index contributed by atoms with van der Waals surface area (Å²) in [5, 5.41) is 120. The summed E-state index contributed by atoms with van der Waals surface area (Å²) in [4.78, 5) is 13.3. The van der Waals surface area contributed by atoms with Gasteiger partial charge >= 0.3 is 0 Å². The van der Waals surface area contributed by atoms with E-state index in [1.54, 1.807) is 6.08 Å². The minimum atomic E-state index is -1.98. The van der Waals surface area contributed by atoms with Crippen LogP contribution in [0.2, 0.25) is 0 Å².